The monoisotopic (exact) mass is 332 g/mol. The van der Waals surface area contributed by atoms with E-state index < -0.39 is 10.0 Å². The number of sulfonamides is 1. The molecule has 0 atom stereocenters. The molecule has 0 spiro atoms. The first-order chi connectivity index (χ1) is 10.1. The fraction of sp³-hybridized carbons (Fsp3) is 0.714. The first-order valence-corrected chi connectivity index (χ1v) is 9.47. The molecule has 2 aliphatic rings. The molecule has 1 saturated heterocycles. The van der Waals surface area contributed by atoms with Crippen LogP contribution in [-0.4, -0.2) is 49.8 Å². The van der Waals surface area contributed by atoms with Crippen LogP contribution in [0.2, 0.25) is 0 Å². The third-order valence-electron chi connectivity index (χ3n) is 4.48. The van der Waals surface area contributed by atoms with Gasteiger partial charge in [-0.3, -0.25) is 4.90 Å². The summed E-state index contributed by atoms with van der Waals surface area (Å²) < 4.78 is 31.9. The van der Waals surface area contributed by atoms with Crippen LogP contribution in [0, 0.1) is 0 Å². The van der Waals surface area contributed by atoms with Gasteiger partial charge in [-0.25, -0.2) is 8.42 Å². The van der Waals surface area contributed by atoms with Crippen LogP contribution in [0.1, 0.15) is 31.4 Å². The van der Waals surface area contributed by atoms with Crippen molar-refractivity contribution in [2.45, 2.75) is 42.7 Å². The predicted octanol–water partition coefficient (Wildman–Crippen LogP) is 2.27. The molecule has 0 unspecified atom stereocenters. The smallest absolute Gasteiger partial charge is 0.276 e. The number of rotatable bonds is 4. The lowest BCUT2D eigenvalue weighted by molar-refractivity contribution is 0.138. The number of alkyl halides is 1. The van der Waals surface area contributed by atoms with E-state index in [9.17, 15) is 8.42 Å². The summed E-state index contributed by atoms with van der Waals surface area (Å²) in [6.45, 7) is 2.70. The zero-order valence-corrected chi connectivity index (χ0v) is 13.6. The molecular formula is C14H21ClN2O3S. The van der Waals surface area contributed by atoms with Gasteiger partial charge < -0.3 is 4.42 Å². The average molecular weight is 333 g/mol. The summed E-state index contributed by atoms with van der Waals surface area (Å²) in [6, 6.07) is 3.77. The maximum absolute atomic E-state index is 12.5. The first kappa shape index (κ1) is 15.3. The Morgan fingerprint density at radius 1 is 1.14 bits per heavy atom. The van der Waals surface area contributed by atoms with Gasteiger partial charge in [0.2, 0.25) is 5.09 Å². The van der Waals surface area contributed by atoms with Crippen molar-refractivity contribution in [1.82, 2.24) is 9.21 Å². The fourth-order valence-corrected chi connectivity index (χ4v) is 4.77. The van der Waals surface area contributed by atoms with Gasteiger partial charge in [-0.2, -0.15) is 4.31 Å². The standard InChI is InChI=1S/C14H21ClN2O3S/c15-11-13-5-6-14(20-13)21(18,19)17-9-7-16(8-10-17)12-3-1-2-4-12/h5-6,12H,1-4,7-11H2. The molecule has 1 aliphatic heterocycles. The van der Waals surface area contributed by atoms with Crippen LogP contribution in [0.25, 0.3) is 0 Å². The van der Waals surface area contributed by atoms with Crippen molar-refractivity contribution in [3.8, 4) is 0 Å². The van der Waals surface area contributed by atoms with Gasteiger partial charge in [-0.1, -0.05) is 12.8 Å². The third-order valence-corrected chi connectivity index (χ3v) is 6.51. The van der Waals surface area contributed by atoms with Gasteiger partial charge >= 0.3 is 0 Å². The van der Waals surface area contributed by atoms with E-state index in [-0.39, 0.29) is 11.0 Å². The van der Waals surface area contributed by atoms with Crippen molar-refractivity contribution < 1.29 is 12.8 Å². The Labute approximate surface area is 130 Å². The van der Waals surface area contributed by atoms with Crippen LogP contribution >= 0.6 is 11.6 Å². The molecule has 0 aromatic carbocycles. The second-order valence-electron chi connectivity index (χ2n) is 5.73. The maximum Gasteiger partial charge on any atom is 0.276 e. The van der Waals surface area contributed by atoms with E-state index in [2.05, 4.69) is 4.90 Å². The molecule has 2 fully saturated rings. The first-order valence-electron chi connectivity index (χ1n) is 7.50. The van der Waals surface area contributed by atoms with Crippen LogP contribution in [0.15, 0.2) is 21.6 Å². The van der Waals surface area contributed by atoms with E-state index >= 15 is 0 Å². The topological polar surface area (TPSA) is 53.8 Å². The Kier molecular flexibility index (Phi) is 4.59. The average Bonchev–Trinajstić information content (AvgIpc) is 3.19. The quantitative estimate of drug-likeness (QED) is 0.794. The highest BCUT2D eigenvalue weighted by Crippen LogP contribution is 2.26. The molecule has 2 heterocycles. The summed E-state index contributed by atoms with van der Waals surface area (Å²) in [6.07, 6.45) is 5.11. The van der Waals surface area contributed by atoms with E-state index in [1.54, 1.807) is 6.07 Å². The Hall–Kier alpha value is -0.560. The largest absolute Gasteiger partial charge is 0.447 e. The van der Waals surface area contributed by atoms with E-state index in [1.165, 1.54) is 36.1 Å². The summed E-state index contributed by atoms with van der Waals surface area (Å²) in [4.78, 5) is 2.44. The van der Waals surface area contributed by atoms with Gasteiger partial charge in [0.25, 0.3) is 10.0 Å². The minimum absolute atomic E-state index is 0.00691. The minimum Gasteiger partial charge on any atom is -0.447 e. The highest BCUT2D eigenvalue weighted by atomic mass is 35.5. The van der Waals surface area contributed by atoms with Gasteiger partial charge in [0.1, 0.15) is 5.76 Å². The number of furan rings is 1. The maximum atomic E-state index is 12.5. The lowest BCUT2D eigenvalue weighted by Gasteiger charge is -2.36. The van der Waals surface area contributed by atoms with Gasteiger partial charge in [0, 0.05) is 32.2 Å². The molecule has 1 aliphatic carbocycles. The Bertz CT molecular complexity index is 573. The molecule has 0 radical (unpaired) electrons. The van der Waals surface area contributed by atoms with Crippen molar-refractivity contribution in [2.24, 2.45) is 0 Å². The summed E-state index contributed by atoms with van der Waals surface area (Å²) in [5.41, 5.74) is 0. The number of halogens is 1. The lowest BCUT2D eigenvalue weighted by Crippen LogP contribution is -2.51. The molecular weight excluding hydrogens is 312 g/mol. The molecule has 0 bridgehead atoms. The fourth-order valence-electron chi connectivity index (χ4n) is 3.27. The number of hydrogen-bond donors (Lipinski definition) is 0. The highest BCUT2D eigenvalue weighted by molar-refractivity contribution is 7.89. The summed E-state index contributed by atoms with van der Waals surface area (Å²) in [7, 11) is -3.52. The molecule has 0 amide bonds. The number of piperazine rings is 1. The second kappa shape index (κ2) is 6.28. The Morgan fingerprint density at radius 2 is 1.81 bits per heavy atom. The van der Waals surface area contributed by atoms with Crippen molar-refractivity contribution >= 4 is 21.6 Å². The Balaban J connectivity index is 1.65. The third kappa shape index (κ3) is 3.13. The van der Waals surface area contributed by atoms with Crippen molar-refractivity contribution in [1.29, 1.82) is 0 Å². The Morgan fingerprint density at radius 3 is 2.38 bits per heavy atom. The molecule has 0 N–H and O–H groups in total. The summed E-state index contributed by atoms with van der Waals surface area (Å²) in [5, 5.41) is 0.00691. The molecule has 118 valence electrons. The van der Waals surface area contributed by atoms with Gasteiger partial charge in [0.15, 0.2) is 0 Å². The molecule has 21 heavy (non-hydrogen) atoms. The lowest BCUT2D eigenvalue weighted by atomic mass is 10.2. The van der Waals surface area contributed by atoms with Crippen LogP contribution in [-0.2, 0) is 15.9 Å². The van der Waals surface area contributed by atoms with Gasteiger partial charge in [0.05, 0.1) is 5.88 Å². The zero-order chi connectivity index (χ0) is 14.9. The van der Waals surface area contributed by atoms with Crippen LogP contribution in [0.3, 0.4) is 0 Å². The summed E-state index contributed by atoms with van der Waals surface area (Å²) in [5.74, 6) is 0.671. The van der Waals surface area contributed by atoms with Crippen molar-refractivity contribution in [3.63, 3.8) is 0 Å². The van der Waals surface area contributed by atoms with Crippen LogP contribution < -0.4 is 0 Å². The van der Waals surface area contributed by atoms with E-state index in [1.807, 2.05) is 0 Å². The van der Waals surface area contributed by atoms with Gasteiger partial charge in [-0.15, -0.1) is 11.6 Å². The van der Waals surface area contributed by atoms with Crippen LogP contribution in [0.5, 0.6) is 0 Å². The van der Waals surface area contributed by atoms with E-state index in [0.717, 1.165) is 13.1 Å². The zero-order valence-electron chi connectivity index (χ0n) is 12.0. The van der Waals surface area contributed by atoms with Crippen molar-refractivity contribution in [3.05, 3.63) is 17.9 Å². The van der Waals surface area contributed by atoms with E-state index in [0.29, 0.717) is 24.9 Å². The molecule has 3 rings (SSSR count). The van der Waals surface area contributed by atoms with Crippen molar-refractivity contribution in [2.75, 3.05) is 26.2 Å². The SMILES string of the molecule is O=S(=O)(c1ccc(CCl)o1)N1CCN(C2CCCC2)CC1. The molecule has 1 aromatic heterocycles. The normalized spacial score (nSPS) is 22.9. The molecule has 1 saturated carbocycles. The molecule has 1 aromatic rings. The predicted molar refractivity (Wildman–Crippen MR) is 80.9 cm³/mol. The number of hydrogen-bond acceptors (Lipinski definition) is 4. The van der Waals surface area contributed by atoms with Crippen LogP contribution in [0.4, 0.5) is 0 Å². The number of nitrogens with zero attached hydrogens (tertiary/aromatic N) is 2. The molecule has 5 nitrogen and oxygen atoms in total. The van der Waals surface area contributed by atoms with Gasteiger partial charge in [-0.05, 0) is 25.0 Å². The van der Waals surface area contributed by atoms with E-state index in [4.69, 9.17) is 16.0 Å². The summed E-state index contributed by atoms with van der Waals surface area (Å²) >= 11 is 5.66. The highest BCUT2D eigenvalue weighted by Gasteiger charge is 2.33. The second-order valence-corrected chi connectivity index (χ2v) is 7.87. The minimum atomic E-state index is -3.52. The molecule has 7 heteroatoms.